The Morgan fingerprint density at radius 2 is 2.18 bits per heavy atom. The van der Waals surface area contributed by atoms with E-state index in [-0.39, 0.29) is 0 Å². The van der Waals surface area contributed by atoms with E-state index >= 15 is 0 Å². The number of cyclic esters (lactones) is 1. The molecule has 10 heteroatoms. The van der Waals surface area contributed by atoms with Crippen LogP contribution in [0.3, 0.4) is 0 Å². The Morgan fingerprint density at radius 3 is 2.73 bits per heavy atom. The van der Waals surface area contributed by atoms with Gasteiger partial charge in [-0.25, -0.2) is 9.69 Å². The largest absolute Gasteiger partial charge is 0.440 e. The molecule has 5 atom stereocenters. The molecule has 0 radical (unpaired) electrons. The number of nitrogens with two attached hydrogens (primary N) is 1. The number of carbonyl (C=O) groups excluding carboxylic acids is 2. The maximum absolute atomic E-state index is 12.5. The first-order valence-electron chi connectivity index (χ1n) is 6.93. The number of hydrogen-bond donors (Lipinski definition) is 2. The molecule has 22 heavy (non-hydrogen) atoms. The molecule has 3 saturated heterocycles. The summed E-state index contributed by atoms with van der Waals surface area (Å²) in [5, 5.41) is 2.98. The Bertz CT molecular complexity index is 514. The molecule has 0 aromatic carbocycles. The summed E-state index contributed by atoms with van der Waals surface area (Å²) in [6.45, 7) is 2.24. The molecule has 0 spiro atoms. The highest BCUT2D eigenvalue weighted by Crippen LogP contribution is 2.49. The zero-order chi connectivity index (χ0) is 16.3. The maximum atomic E-state index is 12.5. The van der Waals surface area contributed by atoms with Crippen molar-refractivity contribution in [1.82, 2.24) is 10.2 Å². The van der Waals surface area contributed by atoms with E-state index in [1.807, 2.05) is 0 Å². The van der Waals surface area contributed by atoms with Gasteiger partial charge in [0.1, 0.15) is 12.3 Å². The van der Waals surface area contributed by atoms with E-state index in [2.05, 4.69) is 5.32 Å². The average Bonchev–Trinajstić information content (AvgIpc) is 3.02. The molecule has 3 aliphatic heterocycles. The number of amides is 1. The van der Waals surface area contributed by atoms with Crippen molar-refractivity contribution in [2.45, 2.75) is 53.7 Å². The van der Waals surface area contributed by atoms with Crippen LogP contribution in [0.5, 0.6) is 0 Å². The Labute approximate surface area is 142 Å². The van der Waals surface area contributed by atoms with Gasteiger partial charge in [0.05, 0.1) is 6.10 Å². The Balaban J connectivity index is 1.92. The third-order valence-electron chi connectivity index (χ3n) is 4.50. The molecular formula is C12H16Cl3N3O4. The summed E-state index contributed by atoms with van der Waals surface area (Å²) in [7, 11) is 0. The van der Waals surface area contributed by atoms with E-state index in [0.717, 1.165) is 6.42 Å². The molecule has 3 heterocycles. The number of esters is 1. The lowest BCUT2D eigenvalue weighted by atomic mass is 9.94. The van der Waals surface area contributed by atoms with Crippen LogP contribution in [0.1, 0.15) is 19.8 Å². The molecular weight excluding hydrogens is 357 g/mol. The number of nitrogens with zero attached hydrogens (tertiary/aromatic N) is 1. The minimum Gasteiger partial charge on any atom is -0.440 e. The molecule has 3 fully saturated rings. The molecule has 2 unspecified atom stereocenters. The molecule has 124 valence electrons. The summed E-state index contributed by atoms with van der Waals surface area (Å²) in [6, 6.07) is -0.679. The first kappa shape index (κ1) is 16.5. The van der Waals surface area contributed by atoms with Gasteiger partial charge in [-0.3, -0.25) is 10.1 Å². The normalized spacial score (nSPS) is 42.5. The van der Waals surface area contributed by atoms with E-state index in [9.17, 15) is 9.59 Å². The van der Waals surface area contributed by atoms with Crippen molar-refractivity contribution in [1.29, 1.82) is 0 Å². The number of carbonyl (C=O) groups is 2. The van der Waals surface area contributed by atoms with Gasteiger partial charge in [-0.2, -0.15) is 0 Å². The minimum absolute atomic E-state index is 0.459. The Morgan fingerprint density at radius 1 is 1.50 bits per heavy atom. The summed E-state index contributed by atoms with van der Waals surface area (Å²) in [5.74, 6) is -1.06. The fourth-order valence-electron chi connectivity index (χ4n) is 3.50. The number of halogens is 3. The van der Waals surface area contributed by atoms with Crippen molar-refractivity contribution >= 4 is 46.7 Å². The lowest BCUT2D eigenvalue weighted by Crippen LogP contribution is -2.61. The van der Waals surface area contributed by atoms with Gasteiger partial charge in [0.25, 0.3) is 0 Å². The van der Waals surface area contributed by atoms with Crippen LogP contribution in [0.4, 0.5) is 0 Å². The van der Waals surface area contributed by atoms with Gasteiger partial charge < -0.3 is 15.2 Å². The minimum atomic E-state index is -1.77. The molecule has 3 N–H and O–H groups in total. The monoisotopic (exact) mass is 371 g/mol. The smallest absolute Gasteiger partial charge is 0.332 e. The van der Waals surface area contributed by atoms with Crippen LogP contribution in [0.15, 0.2) is 0 Å². The number of ether oxygens (including phenoxy) is 2. The quantitative estimate of drug-likeness (QED) is 0.533. The molecule has 3 rings (SSSR count). The summed E-state index contributed by atoms with van der Waals surface area (Å²) in [5.41, 5.74) is 4.24. The first-order chi connectivity index (χ1) is 10.2. The van der Waals surface area contributed by atoms with Crippen LogP contribution in [-0.2, 0) is 19.1 Å². The standard InChI is InChI=1S/C12H16Cl3N3O4/c1-5-6(7(16)19)17-8(21-5)11-3-2-4-18(11)9(12(13,14)15)22-10(11)20/h5-6,8-9,17H,2-4H2,1H3,(H2,16,19)/t5-,6+,8?,9?,11+/m1/s1. The topological polar surface area (TPSA) is 93.9 Å². The molecule has 1 amide bonds. The second-order valence-corrected chi connectivity index (χ2v) is 8.16. The summed E-state index contributed by atoms with van der Waals surface area (Å²) >= 11 is 17.8. The number of rotatable bonds is 2. The SMILES string of the molecule is C[C@H]1OC([C@]23CCCN2C(C(Cl)(Cl)Cl)OC3=O)N[C@@H]1C(N)=O. The van der Waals surface area contributed by atoms with Crippen molar-refractivity contribution < 1.29 is 19.1 Å². The molecule has 3 aliphatic rings. The van der Waals surface area contributed by atoms with Crippen molar-refractivity contribution in [3.05, 3.63) is 0 Å². The van der Waals surface area contributed by atoms with Crippen LogP contribution >= 0.6 is 34.8 Å². The first-order valence-corrected chi connectivity index (χ1v) is 8.06. The lowest BCUT2D eigenvalue weighted by molar-refractivity contribution is -0.150. The number of hydrogen-bond acceptors (Lipinski definition) is 6. The zero-order valence-corrected chi connectivity index (χ0v) is 14.0. The van der Waals surface area contributed by atoms with Crippen LogP contribution in [0, 0.1) is 0 Å². The number of alkyl halides is 3. The van der Waals surface area contributed by atoms with Crippen molar-refractivity contribution in [2.24, 2.45) is 5.73 Å². The van der Waals surface area contributed by atoms with Crippen molar-refractivity contribution in [3.8, 4) is 0 Å². The van der Waals surface area contributed by atoms with E-state index in [4.69, 9.17) is 50.0 Å². The van der Waals surface area contributed by atoms with Crippen LogP contribution < -0.4 is 11.1 Å². The van der Waals surface area contributed by atoms with Gasteiger partial charge in [-0.05, 0) is 19.8 Å². The fourth-order valence-corrected chi connectivity index (χ4v) is 3.99. The number of nitrogens with one attached hydrogen (secondary N) is 1. The molecule has 0 aliphatic carbocycles. The predicted octanol–water partition coefficient (Wildman–Crippen LogP) is 0.262. The van der Waals surface area contributed by atoms with Crippen molar-refractivity contribution in [2.75, 3.05) is 6.54 Å². The Hall–Kier alpha value is -0.310. The lowest BCUT2D eigenvalue weighted by Gasteiger charge is -2.35. The van der Waals surface area contributed by atoms with Crippen LogP contribution in [0.25, 0.3) is 0 Å². The Kier molecular flexibility index (Phi) is 4.03. The van der Waals surface area contributed by atoms with Crippen LogP contribution in [0.2, 0.25) is 0 Å². The molecule has 0 aromatic heterocycles. The predicted molar refractivity (Wildman–Crippen MR) is 79.3 cm³/mol. The van der Waals surface area contributed by atoms with E-state index < -0.39 is 45.8 Å². The fraction of sp³-hybridized carbons (Fsp3) is 0.833. The molecule has 0 bridgehead atoms. The maximum Gasteiger partial charge on any atom is 0.332 e. The van der Waals surface area contributed by atoms with Gasteiger partial charge in [0.15, 0.2) is 5.54 Å². The molecule has 0 saturated carbocycles. The van der Waals surface area contributed by atoms with Gasteiger partial charge in [0, 0.05) is 6.54 Å². The summed E-state index contributed by atoms with van der Waals surface area (Å²) in [4.78, 5) is 25.7. The summed E-state index contributed by atoms with van der Waals surface area (Å²) < 4.78 is 9.30. The van der Waals surface area contributed by atoms with Crippen molar-refractivity contribution in [3.63, 3.8) is 0 Å². The van der Waals surface area contributed by atoms with Gasteiger partial charge in [0.2, 0.25) is 15.9 Å². The average molecular weight is 373 g/mol. The molecule has 0 aromatic rings. The highest BCUT2D eigenvalue weighted by atomic mass is 35.6. The van der Waals surface area contributed by atoms with Gasteiger partial charge >= 0.3 is 5.97 Å². The van der Waals surface area contributed by atoms with Gasteiger partial charge in [-0.1, -0.05) is 34.8 Å². The highest BCUT2D eigenvalue weighted by molar-refractivity contribution is 6.68. The highest BCUT2D eigenvalue weighted by Gasteiger charge is 2.67. The van der Waals surface area contributed by atoms with E-state index in [0.29, 0.717) is 13.0 Å². The molecule has 7 nitrogen and oxygen atoms in total. The number of primary amides is 1. The zero-order valence-electron chi connectivity index (χ0n) is 11.7. The van der Waals surface area contributed by atoms with Crippen LogP contribution in [-0.4, -0.2) is 57.3 Å². The van der Waals surface area contributed by atoms with Gasteiger partial charge in [-0.15, -0.1) is 0 Å². The second kappa shape index (κ2) is 5.36. The van der Waals surface area contributed by atoms with E-state index in [1.54, 1.807) is 11.8 Å². The third-order valence-corrected chi connectivity index (χ3v) is 5.06. The second-order valence-electron chi connectivity index (χ2n) is 5.79. The third kappa shape index (κ3) is 2.30. The van der Waals surface area contributed by atoms with E-state index in [1.165, 1.54) is 0 Å². The summed E-state index contributed by atoms with van der Waals surface area (Å²) in [6.07, 6.45) is -0.977. The number of fused-ring (bicyclic) bond motifs is 1.